The molecular formula is C7H9BrN2O. The highest BCUT2D eigenvalue weighted by molar-refractivity contribution is 9.10. The maximum absolute atomic E-state index is 9.20. The first kappa shape index (κ1) is 8.62. The van der Waals surface area contributed by atoms with Crippen LogP contribution in [-0.2, 0) is 0 Å². The van der Waals surface area contributed by atoms with E-state index in [0.29, 0.717) is 4.73 Å². The molecule has 0 radical (unpaired) electrons. The number of aliphatic hydroxyl groups is 1. The maximum Gasteiger partial charge on any atom is 0.196 e. The summed E-state index contributed by atoms with van der Waals surface area (Å²) in [6.07, 6.45) is 1.12. The molecule has 0 fully saturated rings. The number of aromatic nitrogens is 2. The molecule has 1 unspecified atom stereocenters. The first-order valence-corrected chi connectivity index (χ1v) is 4.07. The molecule has 1 heterocycles. The Hall–Kier alpha value is -0.480. The van der Waals surface area contributed by atoms with Crippen molar-refractivity contribution in [1.29, 1.82) is 0 Å². The molecule has 0 aromatic carbocycles. The third kappa shape index (κ3) is 1.97. The first-order valence-electron chi connectivity index (χ1n) is 3.28. The molecular weight excluding hydrogens is 208 g/mol. The molecule has 0 saturated heterocycles. The molecule has 0 aliphatic heterocycles. The summed E-state index contributed by atoms with van der Waals surface area (Å²) in [5, 5.41) is 9.20. The van der Waals surface area contributed by atoms with Gasteiger partial charge >= 0.3 is 0 Å². The summed E-state index contributed by atoms with van der Waals surface area (Å²) >= 11 is 3.14. The number of nitrogens with zero attached hydrogens (tertiary/aromatic N) is 2. The minimum absolute atomic E-state index is 0.497. The van der Waals surface area contributed by atoms with E-state index < -0.39 is 6.10 Å². The maximum atomic E-state index is 9.20. The summed E-state index contributed by atoms with van der Waals surface area (Å²) in [5.41, 5.74) is 1.58. The van der Waals surface area contributed by atoms with Gasteiger partial charge in [0.25, 0.3) is 0 Å². The van der Waals surface area contributed by atoms with Crippen molar-refractivity contribution < 1.29 is 5.11 Å². The van der Waals surface area contributed by atoms with Gasteiger partial charge in [-0.15, -0.1) is 0 Å². The van der Waals surface area contributed by atoms with E-state index in [9.17, 15) is 5.11 Å². The second-order valence-corrected chi connectivity index (χ2v) is 3.07. The van der Waals surface area contributed by atoms with E-state index in [2.05, 4.69) is 25.9 Å². The summed E-state index contributed by atoms with van der Waals surface area (Å²) in [4.78, 5) is 7.95. The lowest BCUT2D eigenvalue weighted by Crippen LogP contribution is -1.99. The quantitative estimate of drug-likeness (QED) is 0.726. The molecule has 1 aromatic heterocycles. The van der Waals surface area contributed by atoms with Crippen molar-refractivity contribution in [2.75, 3.05) is 0 Å². The molecule has 0 spiro atoms. The van der Waals surface area contributed by atoms with Gasteiger partial charge in [0.1, 0.15) is 0 Å². The molecule has 3 nitrogen and oxygen atoms in total. The van der Waals surface area contributed by atoms with Crippen molar-refractivity contribution in [3.05, 3.63) is 22.2 Å². The van der Waals surface area contributed by atoms with Gasteiger partial charge in [-0.2, -0.15) is 0 Å². The number of aryl methyl sites for hydroxylation is 1. The lowest BCUT2D eigenvalue weighted by atomic mass is 10.1. The molecule has 4 heteroatoms. The van der Waals surface area contributed by atoms with Gasteiger partial charge in [0.05, 0.1) is 6.10 Å². The van der Waals surface area contributed by atoms with E-state index in [0.717, 1.165) is 11.3 Å². The Kier molecular flexibility index (Phi) is 2.57. The zero-order chi connectivity index (χ0) is 8.43. The van der Waals surface area contributed by atoms with Crippen LogP contribution in [0.1, 0.15) is 24.3 Å². The normalized spacial score (nSPS) is 13.1. The van der Waals surface area contributed by atoms with Crippen molar-refractivity contribution in [2.24, 2.45) is 0 Å². The van der Waals surface area contributed by atoms with Crippen LogP contribution in [0.2, 0.25) is 0 Å². The zero-order valence-corrected chi connectivity index (χ0v) is 7.96. The van der Waals surface area contributed by atoms with E-state index >= 15 is 0 Å². The van der Waals surface area contributed by atoms with E-state index in [1.165, 1.54) is 0 Å². The molecule has 1 N–H and O–H groups in total. The van der Waals surface area contributed by atoms with Crippen LogP contribution in [-0.4, -0.2) is 15.1 Å². The fourth-order valence-electron chi connectivity index (χ4n) is 0.858. The van der Waals surface area contributed by atoms with Gasteiger partial charge in [0.15, 0.2) is 4.73 Å². The summed E-state index contributed by atoms with van der Waals surface area (Å²) in [7, 11) is 0. The average Bonchev–Trinajstić information content (AvgIpc) is 1.85. The lowest BCUT2D eigenvalue weighted by Gasteiger charge is -2.06. The van der Waals surface area contributed by atoms with Crippen LogP contribution in [0.15, 0.2) is 10.9 Å². The number of hydrogen-bond donors (Lipinski definition) is 1. The topological polar surface area (TPSA) is 46.0 Å². The molecule has 1 atom stereocenters. The SMILES string of the molecule is Cc1nc(Br)ncc1C(C)O. The zero-order valence-electron chi connectivity index (χ0n) is 6.37. The van der Waals surface area contributed by atoms with Crippen LogP contribution in [0.5, 0.6) is 0 Å². The molecule has 60 valence electrons. The van der Waals surface area contributed by atoms with E-state index in [-0.39, 0.29) is 0 Å². The van der Waals surface area contributed by atoms with Crippen LogP contribution in [0.4, 0.5) is 0 Å². The fourth-order valence-corrected chi connectivity index (χ4v) is 1.23. The van der Waals surface area contributed by atoms with Crippen molar-refractivity contribution in [3.63, 3.8) is 0 Å². The Morgan fingerprint density at radius 2 is 2.27 bits per heavy atom. The molecule has 1 rings (SSSR count). The summed E-state index contributed by atoms with van der Waals surface area (Å²) in [6.45, 7) is 3.54. The van der Waals surface area contributed by atoms with Gasteiger partial charge < -0.3 is 5.11 Å². The van der Waals surface area contributed by atoms with Gasteiger partial charge in [-0.05, 0) is 29.8 Å². The van der Waals surface area contributed by atoms with Crippen molar-refractivity contribution >= 4 is 15.9 Å². The Labute approximate surface area is 73.6 Å². The van der Waals surface area contributed by atoms with Gasteiger partial charge in [0, 0.05) is 17.5 Å². The van der Waals surface area contributed by atoms with E-state index in [4.69, 9.17) is 0 Å². The minimum Gasteiger partial charge on any atom is -0.389 e. The highest BCUT2D eigenvalue weighted by Crippen LogP contribution is 2.15. The minimum atomic E-state index is -0.497. The second kappa shape index (κ2) is 3.28. The molecule has 0 aliphatic carbocycles. The van der Waals surface area contributed by atoms with Crippen molar-refractivity contribution in [1.82, 2.24) is 9.97 Å². The highest BCUT2D eigenvalue weighted by atomic mass is 79.9. The molecule has 0 aliphatic rings. The molecule has 0 saturated carbocycles. The number of halogens is 1. The van der Waals surface area contributed by atoms with Crippen LogP contribution >= 0.6 is 15.9 Å². The Morgan fingerprint density at radius 3 is 2.73 bits per heavy atom. The second-order valence-electron chi connectivity index (χ2n) is 2.36. The average molecular weight is 217 g/mol. The van der Waals surface area contributed by atoms with Crippen molar-refractivity contribution in [2.45, 2.75) is 20.0 Å². The Morgan fingerprint density at radius 1 is 1.64 bits per heavy atom. The predicted octanol–water partition coefficient (Wildman–Crippen LogP) is 1.60. The van der Waals surface area contributed by atoms with Gasteiger partial charge in [-0.1, -0.05) is 0 Å². The summed E-state index contributed by atoms with van der Waals surface area (Å²) in [5.74, 6) is 0. The molecule has 0 amide bonds. The standard InChI is InChI=1S/C7H9BrN2O/c1-4-6(5(2)11)3-9-7(8)10-4/h3,5,11H,1-2H3. The number of aliphatic hydroxyl groups excluding tert-OH is 1. The highest BCUT2D eigenvalue weighted by Gasteiger charge is 2.05. The lowest BCUT2D eigenvalue weighted by molar-refractivity contribution is 0.197. The van der Waals surface area contributed by atoms with Crippen LogP contribution in [0.3, 0.4) is 0 Å². The molecule has 0 bridgehead atoms. The monoisotopic (exact) mass is 216 g/mol. The van der Waals surface area contributed by atoms with Gasteiger partial charge in [-0.3, -0.25) is 0 Å². The smallest absolute Gasteiger partial charge is 0.196 e. The first-order chi connectivity index (χ1) is 5.11. The summed E-state index contributed by atoms with van der Waals surface area (Å²) in [6, 6.07) is 0. The number of hydrogen-bond acceptors (Lipinski definition) is 3. The third-order valence-electron chi connectivity index (χ3n) is 1.44. The molecule has 1 aromatic rings. The van der Waals surface area contributed by atoms with Gasteiger partial charge in [0.2, 0.25) is 0 Å². The van der Waals surface area contributed by atoms with Crippen molar-refractivity contribution in [3.8, 4) is 0 Å². The summed E-state index contributed by atoms with van der Waals surface area (Å²) < 4.78 is 0.555. The molecule has 11 heavy (non-hydrogen) atoms. The Bertz CT molecular complexity index is 263. The van der Waals surface area contributed by atoms with Crippen LogP contribution in [0.25, 0.3) is 0 Å². The number of rotatable bonds is 1. The largest absolute Gasteiger partial charge is 0.389 e. The fraction of sp³-hybridized carbons (Fsp3) is 0.429. The van der Waals surface area contributed by atoms with Gasteiger partial charge in [-0.25, -0.2) is 9.97 Å². The van der Waals surface area contributed by atoms with E-state index in [1.54, 1.807) is 13.1 Å². The van der Waals surface area contributed by atoms with E-state index in [1.807, 2.05) is 6.92 Å². The van der Waals surface area contributed by atoms with Crippen LogP contribution in [0, 0.1) is 6.92 Å². The Balaban J connectivity index is 3.09. The predicted molar refractivity (Wildman–Crippen MR) is 45.1 cm³/mol. The van der Waals surface area contributed by atoms with Crippen LogP contribution < -0.4 is 0 Å². The third-order valence-corrected chi connectivity index (χ3v) is 1.82.